The van der Waals surface area contributed by atoms with Gasteiger partial charge in [0.1, 0.15) is 0 Å². The fraction of sp³-hybridized carbons (Fsp3) is 0.150. The SMILES string of the molecule is C=CCSc1nnc2c(n1)O[C@H](c1ccc(O)c(OC)c1)Nc1ccccc1-2. The standard InChI is InChI=1S/C20H18N4O3S/c1-3-10-28-20-22-19-17(23-24-20)13-6-4-5-7-14(13)21-18(27-19)12-8-9-15(25)16(11-12)26-2/h3-9,11,18,21,25H,1,10H2,2H3/t18-/m1/s1. The molecule has 2 heterocycles. The number of nitrogens with zero attached hydrogens (tertiary/aromatic N) is 3. The van der Waals surface area contributed by atoms with E-state index in [1.165, 1.54) is 18.9 Å². The van der Waals surface area contributed by atoms with Gasteiger partial charge < -0.3 is 19.9 Å². The molecule has 0 aliphatic carbocycles. The number of benzene rings is 2. The first-order valence-electron chi connectivity index (χ1n) is 8.57. The molecular formula is C20H18N4O3S. The summed E-state index contributed by atoms with van der Waals surface area (Å²) in [5.41, 5.74) is 3.04. The van der Waals surface area contributed by atoms with Crippen molar-refractivity contribution in [3.8, 4) is 28.6 Å². The van der Waals surface area contributed by atoms with E-state index in [4.69, 9.17) is 9.47 Å². The fourth-order valence-electron chi connectivity index (χ4n) is 2.85. The molecule has 0 radical (unpaired) electrons. The summed E-state index contributed by atoms with van der Waals surface area (Å²) in [5, 5.41) is 22.3. The number of hydrogen-bond donors (Lipinski definition) is 2. The first kappa shape index (κ1) is 18.1. The van der Waals surface area contributed by atoms with Gasteiger partial charge in [-0.2, -0.15) is 4.98 Å². The molecule has 7 nitrogen and oxygen atoms in total. The second-order valence-corrected chi connectivity index (χ2v) is 6.95. The molecule has 0 bridgehead atoms. The van der Waals surface area contributed by atoms with Gasteiger partial charge in [-0.3, -0.25) is 0 Å². The van der Waals surface area contributed by atoms with E-state index < -0.39 is 6.23 Å². The van der Waals surface area contributed by atoms with Gasteiger partial charge in [-0.05, 0) is 24.3 Å². The van der Waals surface area contributed by atoms with Crippen molar-refractivity contribution in [1.29, 1.82) is 0 Å². The number of hydrogen-bond acceptors (Lipinski definition) is 8. The van der Waals surface area contributed by atoms with Gasteiger partial charge in [-0.1, -0.05) is 36.0 Å². The summed E-state index contributed by atoms with van der Waals surface area (Å²) >= 11 is 1.43. The zero-order valence-corrected chi connectivity index (χ0v) is 15.9. The Bertz CT molecular complexity index is 1030. The minimum absolute atomic E-state index is 0.0628. The molecule has 0 saturated carbocycles. The number of nitrogens with one attached hydrogen (secondary N) is 1. The van der Waals surface area contributed by atoms with E-state index in [0.29, 0.717) is 28.2 Å². The number of aromatic nitrogens is 3. The summed E-state index contributed by atoms with van der Waals surface area (Å²) < 4.78 is 11.4. The lowest BCUT2D eigenvalue weighted by Crippen LogP contribution is -2.17. The Morgan fingerprint density at radius 3 is 2.96 bits per heavy atom. The number of fused-ring (bicyclic) bond motifs is 3. The molecule has 4 rings (SSSR count). The zero-order chi connectivity index (χ0) is 19.5. The molecule has 28 heavy (non-hydrogen) atoms. The van der Waals surface area contributed by atoms with Crippen molar-refractivity contribution in [2.75, 3.05) is 18.2 Å². The number of thioether (sulfide) groups is 1. The molecule has 1 atom stereocenters. The van der Waals surface area contributed by atoms with E-state index in [1.54, 1.807) is 24.3 Å². The Labute approximate surface area is 166 Å². The Kier molecular flexibility index (Phi) is 5.03. The highest BCUT2D eigenvalue weighted by Gasteiger charge is 2.26. The van der Waals surface area contributed by atoms with Crippen LogP contribution in [0.15, 0.2) is 60.3 Å². The maximum absolute atomic E-state index is 9.90. The quantitative estimate of drug-likeness (QED) is 0.495. The van der Waals surface area contributed by atoms with Crippen molar-refractivity contribution >= 4 is 17.4 Å². The van der Waals surface area contributed by atoms with Crippen LogP contribution in [0.5, 0.6) is 17.4 Å². The average molecular weight is 394 g/mol. The van der Waals surface area contributed by atoms with Gasteiger partial charge in [-0.25, -0.2) is 0 Å². The number of para-hydroxylation sites is 1. The van der Waals surface area contributed by atoms with Gasteiger partial charge in [0, 0.05) is 22.6 Å². The highest BCUT2D eigenvalue weighted by molar-refractivity contribution is 7.99. The number of aromatic hydroxyl groups is 1. The Morgan fingerprint density at radius 2 is 2.14 bits per heavy atom. The normalized spacial score (nSPS) is 14.7. The largest absolute Gasteiger partial charge is 0.504 e. The van der Waals surface area contributed by atoms with Crippen LogP contribution in [0.1, 0.15) is 11.8 Å². The van der Waals surface area contributed by atoms with Gasteiger partial charge in [0.2, 0.25) is 11.0 Å². The predicted octanol–water partition coefficient (Wildman–Crippen LogP) is 4.03. The second-order valence-electron chi connectivity index (χ2n) is 5.97. The first-order valence-corrected chi connectivity index (χ1v) is 9.56. The minimum Gasteiger partial charge on any atom is -0.504 e. The molecule has 0 spiro atoms. The lowest BCUT2D eigenvalue weighted by atomic mass is 10.1. The third-order valence-electron chi connectivity index (χ3n) is 4.17. The monoisotopic (exact) mass is 394 g/mol. The van der Waals surface area contributed by atoms with Crippen LogP contribution in [0.25, 0.3) is 11.3 Å². The van der Waals surface area contributed by atoms with Crippen LogP contribution in [0, 0.1) is 0 Å². The third kappa shape index (κ3) is 3.46. The first-order chi connectivity index (χ1) is 13.7. The van der Waals surface area contributed by atoms with Crippen LogP contribution in [0.2, 0.25) is 0 Å². The molecule has 1 aliphatic rings. The van der Waals surface area contributed by atoms with Crippen LogP contribution >= 0.6 is 11.8 Å². The minimum atomic E-state index is -0.550. The number of rotatable bonds is 5. The molecule has 142 valence electrons. The van der Waals surface area contributed by atoms with Crippen molar-refractivity contribution in [3.63, 3.8) is 0 Å². The highest BCUT2D eigenvalue weighted by Crippen LogP contribution is 2.40. The molecule has 0 unspecified atom stereocenters. The number of ether oxygens (including phenoxy) is 2. The van der Waals surface area contributed by atoms with E-state index in [1.807, 2.05) is 24.3 Å². The van der Waals surface area contributed by atoms with E-state index in [9.17, 15) is 5.11 Å². The third-order valence-corrected chi connectivity index (χ3v) is 5.00. The molecule has 3 aromatic rings. The summed E-state index contributed by atoms with van der Waals surface area (Å²) in [6.45, 7) is 3.71. The lowest BCUT2D eigenvalue weighted by molar-refractivity contribution is 0.224. The molecular weight excluding hydrogens is 376 g/mol. The molecule has 0 saturated heterocycles. The number of methoxy groups -OCH3 is 1. The van der Waals surface area contributed by atoms with Gasteiger partial charge in [0.25, 0.3) is 0 Å². The number of phenols is 1. The Balaban J connectivity index is 1.79. The van der Waals surface area contributed by atoms with Crippen molar-refractivity contribution in [2.24, 2.45) is 0 Å². The Morgan fingerprint density at radius 1 is 1.29 bits per heavy atom. The van der Waals surface area contributed by atoms with Crippen molar-refractivity contribution in [3.05, 3.63) is 60.7 Å². The lowest BCUT2D eigenvalue weighted by Gasteiger charge is -2.20. The smallest absolute Gasteiger partial charge is 0.247 e. The van der Waals surface area contributed by atoms with Crippen molar-refractivity contribution in [1.82, 2.24) is 15.2 Å². The van der Waals surface area contributed by atoms with Crippen LogP contribution in [-0.4, -0.2) is 33.2 Å². The summed E-state index contributed by atoms with van der Waals surface area (Å²) in [7, 11) is 1.51. The summed E-state index contributed by atoms with van der Waals surface area (Å²) in [4.78, 5) is 4.54. The van der Waals surface area contributed by atoms with Gasteiger partial charge in [0.15, 0.2) is 23.4 Å². The van der Waals surface area contributed by atoms with Crippen LogP contribution < -0.4 is 14.8 Å². The highest BCUT2D eigenvalue weighted by atomic mass is 32.2. The van der Waals surface area contributed by atoms with Crippen LogP contribution in [0.4, 0.5) is 5.69 Å². The number of anilines is 1. The van der Waals surface area contributed by atoms with E-state index in [0.717, 1.165) is 16.8 Å². The molecule has 0 amide bonds. The van der Waals surface area contributed by atoms with Gasteiger partial charge in [0.05, 0.1) is 7.11 Å². The topological polar surface area (TPSA) is 89.4 Å². The maximum atomic E-state index is 9.90. The maximum Gasteiger partial charge on any atom is 0.247 e. The second kappa shape index (κ2) is 7.77. The number of phenolic OH excluding ortho intramolecular Hbond substituents is 1. The summed E-state index contributed by atoms with van der Waals surface area (Å²) in [6, 6.07) is 12.8. The molecule has 0 fully saturated rings. The van der Waals surface area contributed by atoms with E-state index >= 15 is 0 Å². The summed E-state index contributed by atoms with van der Waals surface area (Å²) in [5.74, 6) is 1.49. The van der Waals surface area contributed by atoms with Gasteiger partial charge in [-0.15, -0.1) is 16.8 Å². The summed E-state index contributed by atoms with van der Waals surface area (Å²) in [6.07, 6.45) is 1.23. The van der Waals surface area contributed by atoms with Gasteiger partial charge >= 0.3 is 0 Å². The predicted molar refractivity (Wildman–Crippen MR) is 108 cm³/mol. The van der Waals surface area contributed by atoms with Crippen LogP contribution in [-0.2, 0) is 0 Å². The Hall–Kier alpha value is -3.26. The van der Waals surface area contributed by atoms with Crippen LogP contribution in [0.3, 0.4) is 0 Å². The molecule has 2 N–H and O–H groups in total. The molecule has 1 aliphatic heterocycles. The zero-order valence-electron chi connectivity index (χ0n) is 15.1. The van der Waals surface area contributed by atoms with Crippen molar-refractivity contribution < 1.29 is 14.6 Å². The average Bonchev–Trinajstić information content (AvgIpc) is 2.89. The van der Waals surface area contributed by atoms with Crippen molar-refractivity contribution in [2.45, 2.75) is 11.4 Å². The molecule has 2 aromatic carbocycles. The van der Waals surface area contributed by atoms with E-state index in [2.05, 4.69) is 27.1 Å². The molecule has 1 aromatic heterocycles. The fourth-order valence-corrected chi connectivity index (χ4v) is 3.36. The van der Waals surface area contributed by atoms with E-state index in [-0.39, 0.29) is 5.75 Å². The molecule has 8 heteroatoms.